The second-order valence-electron chi connectivity index (χ2n) is 12.7. The predicted molar refractivity (Wildman–Crippen MR) is 196 cm³/mol. The summed E-state index contributed by atoms with van der Waals surface area (Å²) in [4.78, 5) is 86.0. The Bertz CT molecular complexity index is 1290. The van der Waals surface area contributed by atoms with Crippen LogP contribution in [0, 0.1) is 11.8 Å². The van der Waals surface area contributed by atoms with E-state index in [1.807, 2.05) is 27.7 Å². The van der Waals surface area contributed by atoms with E-state index in [-0.39, 0.29) is 31.1 Å². The number of halogens is 3. The highest BCUT2D eigenvalue weighted by molar-refractivity contribution is 6.38. The summed E-state index contributed by atoms with van der Waals surface area (Å²) in [6, 6.07) is -3.84. The van der Waals surface area contributed by atoms with E-state index < -0.39 is 79.0 Å². The Morgan fingerprint density at radius 1 is 0.925 bits per heavy atom. The number of Topliss-reactive ketones (excluding diaryl/α,β-unsaturated/α-hetero) is 1. The summed E-state index contributed by atoms with van der Waals surface area (Å²) in [5.41, 5.74) is 0.0262. The molecule has 2 aliphatic rings. The molecule has 3 unspecified atom stereocenters. The van der Waals surface area contributed by atoms with Crippen LogP contribution < -0.4 is 21.3 Å². The Kier molecular flexibility index (Phi) is 24.2. The van der Waals surface area contributed by atoms with Gasteiger partial charge in [-0.15, -0.1) is 6.58 Å². The van der Waals surface area contributed by atoms with Crippen molar-refractivity contribution in [1.29, 1.82) is 0 Å². The molecule has 16 heteroatoms. The van der Waals surface area contributed by atoms with E-state index >= 15 is 0 Å². The molecule has 1 aromatic heterocycles. The zero-order valence-electron chi connectivity index (χ0n) is 32.3. The third kappa shape index (κ3) is 18.8. The molecule has 0 radical (unpaired) electrons. The van der Waals surface area contributed by atoms with Crippen molar-refractivity contribution < 1.29 is 41.9 Å². The summed E-state index contributed by atoms with van der Waals surface area (Å²) >= 11 is 0. The zero-order valence-corrected chi connectivity index (χ0v) is 32.3. The Labute approximate surface area is 312 Å². The number of rotatable bonds is 14. The van der Waals surface area contributed by atoms with Gasteiger partial charge in [-0.3, -0.25) is 33.8 Å². The van der Waals surface area contributed by atoms with Gasteiger partial charge in [-0.25, -0.2) is 4.98 Å². The van der Waals surface area contributed by atoms with Gasteiger partial charge in [-0.1, -0.05) is 73.8 Å². The first kappa shape index (κ1) is 48.6. The summed E-state index contributed by atoms with van der Waals surface area (Å²) in [5, 5.41) is 9.66. The maximum Gasteiger partial charge on any atom is 0.389 e. The van der Waals surface area contributed by atoms with Crippen molar-refractivity contribution in [2.45, 2.75) is 131 Å². The van der Waals surface area contributed by atoms with Gasteiger partial charge >= 0.3 is 6.18 Å². The average molecular weight is 756 g/mol. The van der Waals surface area contributed by atoms with Gasteiger partial charge in [-0.05, 0) is 43.9 Å². The molecule has 1 saturated carbocycles. The van der Waals surface area contributed by atoms with E-state index in [4.69, 9.17) is 0 Å². The maximum atomic E-state index is 13.3. The highest BCUT2D eigenvalue weighted by atomic mass is 19.4. The van der Waals surface area contributed by atoms with Crippen molar-refractivity contribution >= 4 is 35.3 Å². The van der Waals surface area contributed by atoms with Gasteiger partial charge in [0, 0.05) is 31.9 Å². The lowest BCUT2D eigenvalue weighted by Crippen LogP contribution is -2.56. The number of ketones is 1. The fraction of sp³-hybridized carbons (Fsp3) is 0.676. The quantitative estimate of drug-likeness (QED) is 0.156. The SMILES string of the molecule is C=CCNC(=O)C(=O)C(CCC(F)(F)F)NC(=O)C1CCCN1C(=O)CNC(=O)C(NC(=O)c1cnccn1)C1CCCCC1.CC.CC.CC(C)C. The minimum absolute atomic E-state index is 0.0262. The molecular weight excluding hydrogens is 695 g/mol. The maximum absolute atomic E-state index is 13.3. The first-order valence-electron chi connectivity index (χ1n) is 18.6. The summed E-state index contributed by atoms with van der Waals surface area (Å²) in [7, 11) is 0. The van der Waals surface area contributed by atoms with Gasteiger partial charge < -0.3 is 26.2 Å². The van der Waals surface area contributed by atoms with Crippen LogP contribution in [-0.4, -0.2) is 94.1 Å². The molecule has 0 aromatic carbocycles. The molecule has 5 amide bonds. The molecule has 1 aromatic rings. The normalized spacial score (nSPS) is 16.4. The molecular formula is C37H60F3N7O6. The molecule has 3 atom stereocenters. The average Bonchev–Trinajstić information content (AvgIpc) is 3.65. The van der Waals surface area contributed by atoms with E-state index in [9.17, 15) is 41.9 Å². The number of carbonyl (C=O) groups is 6. The monoisotopic (exact) mass is 755 g/mol. The number of likely N-dealkylation sites (tertiary alicyclic amines) is 1. The molecule has 1 aliphatic heterocycles. The van der Waals surface area contributed by atoms with Crippen molar-refractivity contribution in [3.05, 3.63) is 36.9 Å². The van der Waals surface area contributed by atoms with Crippen molar-refractivity contribution in [3.63, 3.8) is 0 Å². The molecule has 13 nitrogen and oxygen atoms in total. The van der Waals surface area contributed by atoms with Crippen molar-refractivity contribution in [2.24, 2.45) is 11.8 Å². The van der Waals surface area contributed by atoms with E-state index in [2.05, 4.69) is 58.6 Å². The third-order valence-corrected chi connectivity index (χ3v) is 7.76. The minimum Gasteiger partial charge on any atom is -0.346 e. The molecule has 0 spiro atoms. The van der Waals surface area contributed by atoms with Crippen molar-refractivity contribution in [3.8, 4) is 0 Å². The van der Waals surface area contributed by atoms with Gasteiger partial charge in [-0.2, -0.15) is 13.2 Å². The topological polar surface area (TPSA) is 180 Å². The lowest BCUT2D eigenvalue weighted by molar-refractivity contribution is -0.146. The molecule has 300 valence electrons. The Balaban J connectivity index is 0.00000311. The summed E-state index contributed by atoms with van der Waals surface area (Å²) in [6.07, 6.45) is 3.05. The predicted octanol–water partition coefficient (Wildman–Crippen LogP) is 4.68. The highest BCUT2D eigenvalue weighted by Gasteiger charge is 2.39. The molecule has 1 aliphatic carbocycles. The molecule has 4 N–H and O–H groups in total. The van der Waals surface area contributed by atoms with E-state index in [0.717, 1.165) is 25.2 Å². The number of carbonyl (C=O) groups excluding carboxylic acids is 6. The van der Waals surface area contributed by atoms with Crippen LogP contribution in [0.2, 0.25) is 0 Å². The van der Waals surface area contributed by atoms with Crippen LogP contribution in [-0.2, 0) is 24.0 Å². The Morgan fingerprint density at radius 2 is 1.55 bits per heavy atom. The van der Waals surface area contributed by atoms with E-state index in [0.29, 0.717) is 19.3 Å². The standard InChI is InChI=1S/C29H38F3N7O6.C4H10.2C2H6/c1-2-12-35-28(45)24(41)19(10-11-29(30,31)32)37-26(43)21-9-6-15-39(21)22(40)17-36-27(44)23(18-7-4-3-5-8-18)38-25(42)20-16-33-13-14-34-20;1-4(2)3;2*1-2/h2,13-14,16,18-19,21,23H,1,3-12,15,17H2,(H,35,45)(H,36,44)(H,37,43)(H,38,42);4H,1-3H3;2*1-2H3. The molecule has 1 saturated heterocycles. The number of nitrogens with one attached hydrogen (secondary N) is 4. The summed E-state index contributed by atoms with van der Waals surface area (Å²) in [6.45, 7) is 17.4. The largest absolute Gasteiger partial charge is 0.389 e. The zero-order chi connectivity index (χ0) is 40.6. The van der Waals surface area contributed by atoms with Crippen LogP contribution >= 0.6 is 0 Å². The number of amides is 5. The first-order chi connectivity index (χ1) is 25.1. The smallest absolute Gasteiger partial charge is 0.346 e. The van der Waals surface area contributed by atoms with Crippen LogP contribution in [0.1, 0.15) is 117 Å². The lowest BCUT2D eigenvalue weighted by atomic mass is 9.83. The third-order valence-electron chi connectivity index (χ3n) is 7.76. The van der Waals surface area contributed by atoms with Crippen LogP contribution in [0.4, 0.5) is 13.2 Å². The Hall–Kier alpha value is -4.37. The first-order valence-corrected chi connectivity index (χ1v) is 18.6. The highest BCUT2D eigenvalue weighted by Crippen LogP contribution is 2.27. The van der Waals surface area contributed by atoms with Crippen LogP contribution in [0.5, 0.6) is 0 Å². The molecule has 2 fully saturated rings. The Morgan fingerprint density at radius 3 is 2.09 bits per heavy atom. The van der Waals surface area contributed by atoms with Crippen molar-refractivity contribution in [2.75, 3.05) is 19.6 Å². The summed E-state index contributed by atoms with van der Waals surface area (Å²) < 4.78 is 38.8. The van der Waals surface area contributed by atoms with Gasteiger partial charge in [0.25, 0.3) is 11.8 Å². The van der Waals surface area contributed by atoms with Crippen molar-refractivity contribution in [1.82, 2.24) is 36.1 Å². The number of aromatic nitrogens is 2. The molecule has 2 heterocycles. The van der Waals surface area contributed by atoms with Crippen LogP contribution in [0.15, 0.2) is 31.2 Å². The molecule has 0 bridgehead atoms. The van der Waals surface area contributed by atoms with E-state index in [1.54, 1.807) is 0 Å². The number of hydrogen-bond donors (Lipinski definition) is 4. The van der Waals surface area contributed by atoms with Gasteiger partial charge in [0.05, 0.1) is 18.8 Å². The number of alkyl halides is 3. The fourth-order valence-corrected chi connectivity index (χ4v) is 5.46. The van der Waals surface area contributed by atoms with Gasteiger partial charge in [0.2, 0.25) is 23.5 Å². The number of hydrogen-bond acceptors (Lipinski definition) is 8. The minimum atomic E-state index is -4.64. The fourth-order valence-electron chi connectivity index (χ4n) is 5.46. The molecule has 53 heavy (non-hydrogen) atoms. The van der Waals surface area contributed by atoms with Crippen LogP contribution in [0.25, 0.3) is 0 Å². The number of nitrogens with zero attached hydrogens (tertiary/aromatic N) is 3. The summed E-state index contributed by atoms with van der Waals surface area (Å²) in [5.74, 6) is -4.47. The lowest BCUT2D eigenvalue weighted by Gasteiger charge is -2.30. The van der Waals surface area contributed by atoms with Gasteiger partial charge in [0.1, 0.15) is 17.8 Å². The second kappa shape index (κ2) is 26.4. The second-order valence-corrected chi connectivity index (χ2v) is 12.7. The van der Waals surface area contributed by atoms with Gasteiger partial charge in [0.15, 0.2) is 0 Å². The van der Waals surface area contributed by atoms with Crippen LogP contribution in [0.3, 0.4) is 0 Å². The van der Waals surface area contributed by atoms with E-state index in [1.165, 1.54) is 29.6 Å². The molecule has 3 rings (SSSR count).